The van der Waals surface area contributed by atoms with Crippen LogP contribution in [0.15, 0.2) is 12.4 Å². The number of ether oxygens (including phenoxy) is 1. The first kappa shape index (κ1) is 12.3. The summed E-state index contributed by atoms with van der Waals surface area (Å²) >= 11 is 0. The highest BCUT2D eigenvalue weighted by molar-refractivity contribution is 5.16. The summed E-state index contributed by atoms with van der Waals surface area (Å²) in [6.07, 6.45) is 7.03. The van der Waals surface area contributed by atoms with Crippen molar-refractivity contribution in [3.05, 3.63) is 18.1 Å². The van der Waals surface area contributed by atoms with Crippen molar-refractivity contribution in [1.82, 2.24) is 14.9 Å². The summed E-state index contributed by atoms with van der Waals surface area (Å²) < 4.78 is 5.74. The molecule has 1 fully saturated rings. The van der Waals surface area contributed by atoms with Crippen LogP contribution in [0.25, 0.3) is 0 Å². The molecule has 5 heteroatoms. The summed E-state index contributed by atoms with van der Waals surface area (Å²) in [5.74, 6) is 0.578. The molecule has 2 rings (SSSR count). The molecule has 1 saturated heterocycles. The maximum absolute atomic E-state index is 5.74. The number of likely N-dealkylation sites (tertiary alicyclic amines) is 1. The van der Waals surface area contributed by atoms with Crippen LogP contribution in [0.5, 0.6) is 5.88 Å². The molecule has 1 aliphatic rings. The van der Waals surface area contributed by atoms with E-state index in [2.05, 4.69) is 21.9 Å². The van der Waals surface area contributed by atoms with Gasteiger partial charge in [-0.1, -0.05) is 6.42 Å². The number of likely N-dealkylation sites (N-methyl/N-ethyl adjacent to an activating group) is 1. The van der Waals surface area contributed by atoms with Crippen LogP contribution in [-0.2, 0) is 6.54 Å². The maximum Gasteiger partial charge on any atom is 0.237 e. The van der Waals surface area contributed by atoms with Crippen LogP contribution in [0.1, 0.15) is 25.0 Å². The van der Waals surface area contributed by atoms with E-state index < -0.39 is 0 Å². The highest BCUT2D eigenvalue weighted by Crippen LogP contribution is 2.17. The van der Waals surface area contributed by atoms with E-state index in [-0.39, 0.29) is 0 Å². The highest BCUT2D eigenvalue weighted by Gasteiger charge is 2.20. The Hall–Kier alpha value is -1.20. The van der Waals surface area contributed by atoms with Gasteiger partial charge < -0.3 is 15.4 Å². The molecule has 2 heterocycles. The van der Waals surface area contributed by atoms with E-state index in [4.69, 9.17) is 10.5 Å². The smallest absolute Gasteiger partial charge is 0.237 e. The molecule has 0 saturated carbocycles. The molecule has 5 nitrogen and oxygen atoms in total. The Bertz CT molecular complexity index is 358. The first-order chi connectivity index (χ1) is 8.31. The molecule has 0 bridgehead atoms. The molecule has 94 valence electrons. The van der Waals surface area contributed by atoms with Crippen LogP contribution < -0.4 is 10.5 Å². The molecule has 0 radical (unpaired) electrons. The summed E-state index contributed by atoms with van der Waals surface area (Å²) in [6.45, 7) is 2.18. The molecule has 1 aromatic heterocycles. The molecular formula is C12H20N4O. The molecule has 1 unspecified atom stereocenters. The minimum Gasteiger partial charge on any atom is -0.475 e. The zero-order valence-corrected chi connectivity index (χ0v) is 10.3. The molecular weight excluding hydrogens is 216 g/mol. The SMILES string of the molecule is CN1CCCCC1COc1nccnc1CN. The first-order valence-corrected chi connectivity index (χ1v) is 6.14. The van der Waals surface area contributed by atoms with Gasteiger partial charge in [-0.3, -0.25) is 4.98 Å². The van der Waals surface area contributed by atoms with Crippen molar-refractivity contribution in [2.24, 2.45) is 5.73 Å². The van der Waals surface area contributed by atoms with Gasteiger partial charge in [-0.2, -0.15) is 0 Å². The number of nitrogens with two attached hydrogens (primary N) is 1. The molecule has 2 N–H and O–H groups in total. The Morgan fingerprint density at radius 3 is 3.00 bits per heavy atom. The van der Waals surface area contributed by atoms with Crippen molar-refractivity contribution in [3.63, 3.8) is 0 Å². The quantitative estimate of drug-likeness (QED) is 0.837. The van der Waals surface area contributed by atoms with Gasteiger partial charge in [0.1, 0.15) is 12.3 Å². The van der Waals surface area contributed by atoms with Crippen LogP contribution >= 0.6 is 0 Å². The normalized spacial score (nSPS) is 21.4. The van der Waals surface area contributed by atoms with E-state index in [1.807, 2.05) is 0 Å². The fraction of sp³-hybridized carbons (Fsp3) is 0.667. The van der Waals surface area contributed by atoms with Gasteiger partial charge in [0.05, 0.1) is 0 Å². The zero-order valence-electron chi connectivity index (χ0n) is 10.3. The third kappa shape index (κ3) is 3.14. The van der Waals surface area contributed by atoms with Gasteiger partial charge in [0.2, 0.25) is 5.88 Å². The molecule has 0 amide bonds. The monoisotopic (exact) mass is 236 g/mol. The van der Waals surface area contributed by atoms with Gasteiger partial charge >= 0.3 is 0 Å². The van der Waals surface area contributed by atoms with E-state index in [9.17, 15) is 0 Å². The van der Waals surface area contributed by atoms with Crippen LogP contribution in [0.4, 0.5) is 0 Å². The number of hydrogen-bond acceptors (Lipinski definition) is 5. The average molecular weight is 236 g/mol. The topological polar surface area (TPSA) is 64.3 Å². The lowest BCUT2D eigenvalue weighted by atomic mass is 10.0. The number of piperidine rings is 1. The van der Waals surface area contributed by atoms with Crippen molar-refractivity contribution < 1.29 is 4.74 Å². The third-order valence-electron chi connectivity index (χ3n) is 3.26. The maximum atomic E-state index is 5.74. The van der Waals surface area contributed by atoms with Gasteiger partial charge in [-0.25, -0.2) is 4.98 Å². The van der Waals surface area contributed by atoms with Gasteiger partial charge in [-0.05, 0) is 26.4 Å². The summed E-state index contributed by atoms with van der Waals surface area (Å²) in [5, 5.41) is 0. The second-order valence-corrected chi connectivity index (χ2v) is 4.45. The fourth-order valence-electron chi connectivity index (χ4n) is 2.14. The summed E-state index contributed by atoms with van der Waals surface area (Å²) in [5.41, 5.74) is 6.32. The van der Waals surface area contributed by atoms with E-state index in [1.165, 1.54) is 19.3 Å². The van der Waals surface area contributed by atoms with Gasteiger partial charge in [0.25, 0.3) is 0 Å². The molecule has 1 aliphatic heterocycles. The minimum absolute atomic E-state index is 0.365. The number of nitrogens with zero attached hydrogens (tertiary/aromatic N) is 3. The molecule has 0 aliphatic carbocycles. The number of rotatable bonds is 4. The van der Waals surface area contributed by atoms with Gasteiger partial charge in [0, 0.05) is 25.0 Å². The minimum atomic E-state index is 0.365. The lowest BCUT2D eigenvalue weighted by molar-refractivity contribution is 0.121. The third-order valence-corrected chi connectivity index (χ3v) is 3.26. The second-order valence-electron chi connectivity index (χ2n) is 4.45. The van der Waals surface area contributed by atoms with Gasteiger partial charge in [-0.15, -0.1) is 0 Å². The average Bonchev–Trinajstić information content (AvgIpc) is 2.38. The molecule has 0 aromatic carbocycles. The van der Waals surface area contributed by atoms with E-state index >= 15 is 0 Å². The lowest BCUT2D eigenvalue weighted by Crippen LogP contribution is -2.40. The van der Waals surface area contributed by atoms with E-state index in [1.54, 1.807) is 12.4 Å². The van der Waals surface area contributed by atoms with Crippen LogP contribution in [0.2, 0.25) is 0 Å². The van der Waals surface area contributed by atoms with Crippen LogP contribution in [0.3, 0.4) is 0 Å². The number of hydrogen-bond donors (Lipinski definition) is 1. The van der Waals surface area contributed by atoms with Crippen molar-refractivity contribution >= 4 is 0 Å². The zero-order chi connectivity index (χ0) is 12.1. The molecule has 0 spiro atoms. The Balaban J connectivity index is 1.92. The predicted octanol–water partition coefficient (Wildman–Crippen LogP) is 0.798. The Morgan fingerprint density at radius 2 is 2.24 bits per heavy atom. The van der Waals surface area contributed by atoms with E-state index in [0.717, 1.165) is 12.2 Å². The van der Waals surface area contributed by atoms with E-state index in [0.29, 0.717) is 25.1 Å². The highest BCUT2D eigenvalue weighted by atomic mass is 16.5. The first-order valence-electron chi connectivity index (χ1n) is 6.14. The van der Waals surface area contributed by atoms with Crippen LogP contribution in [0, 0.1) is 0 Å². The summed E-state index contributed by atoms with van der Waals surface area (Å²) in [6, 6.07) is 0.483. The lowest BCUT2D eigenvalue weighted by Gasteiger charge is -2.32. The van der Waals surface area contributed by atoms with Crippen molar-refractivity contribution in [2.45, 2.75) is 31.8 Å². The Labute approximate surface area is 102 Å². The summed E-state index contributed by atoms with van der Waals surface area (Å²) in [7, 11) is 2.15. The molecule has 17 heavy (non-hydrogen) atoms. The summed E-state index contributed by atoms with van der Waals surface area (Å²) in [4.78, 5) is 10.7. The Kier molecular flexibility index (Phi) is 4.28. The van der Waals surface area contributed by atoms with Crippen molar-refractivity contribution in [1.29, 1.82) is 0 Å². The number of aromatic nitrogens is 2. The standard InChI is InChI=1S/C12H20N4O/c1-16-7-3-2-4-10(16)9-17-12-11(8-13)14-5-6-15-12/h5-6,10H,2-4,7-9,13H2,1H3. The second kappa shape index (κ2) is 5.93. The Morgan fingerprint density at radius 1 is 1.41 bits per heavy atom. The predicted molar refractivity (Wildman–Crippen MR) is 65.7 cm³/mol. The largest absolute Gasteiger partial charge is 0.475 e. The molecule has 1 atom stereocenters. The van der Waals surface area contributed by atoms with Crippen molar-refractivity contribution in [3.8, 4) is 5.88 Å². The van der Waals surface area contributed by atoms with Crippen molar-refractivity contribution in [2.75, 3.05) is 20.2 Å². The molecule has 1 aromatic rings. The fourth-order valence-corrected chi connectivity index (χ4v) is 2.14. The van der Waals surface area contributed by atoms with Crippen LogP contribution in [-0.4, -0.2) is 41.1 Å². The van der Waals surface area contributed by atoms with Gasteiger partial charge in [0.15, 0.2) is 0 Å².